The average Bonchev–Trinajstić information content (AvgIpc) is 2.33. The first kappa shape index (κ1) is 15.9. The van der Waals surface area contributed by atoms with Gasteiger partial charge in [-0.25, -0.2) is 0 Å². The number of alkyl halides is 3. The summed E-state index contributed by atoms with van der Waals surface area (Å²) in [6.45, 7) is -0.702. The van der Waals surface area contributed by atoms with Gasteiger partial charge in [0.2, 0.25) is 0 Å². The molecule has 0 saturated heterocycles. The molecule has 1 aromatic carbocycles. The molecule has 2 atom stereocenters. The van der Waals surface area contributed by atoms with Crippen LogP contribution in [0.15, 0.2) is 28.7 Å². The highest BCUT2D eigenvalue weighted by molar-refractivity contribution is 9.10. The normalized spacial score (nSPS) is 14.8. The van der Waals surface area contributed by atoms with Crippen molar-refractivity contribution in [3.63, 3.8) is 0 Å². The molecular formula is C11H11BrF3NO3. The highest BCUT2D eigenvalue weighted by Crippen LogP contribution is 2.21. The van der Waals surface area contributed by atoms with Gasteiger partial charge in [0.1, 0.15) is 12.2 Å². The standard InChI is InChI=1S/C11H11BrF3NO3/c12-7-3-1-2-6(4-7)9(18)8(17)5-16-10(19)11(13,14)15/h1-4,8-9,17-18H,5H2,(H,16,19)/t8-,9+/m0/s1. The monoisotopic (exact) mass is 341 g/mol. The minimum atomic E-state index is -5.01. The van der Waals surface area contributed by atoms with E-state index in [1.165, 1.54) is 17.4 Å². The molecule has 1 rings (SSSR count). The topological polar surface area (TPSA) is 69.6 Å². The first-order chi connectivity index (χ1) is 8.71. The van der Waals surface area contributed by atoms with E-state index >= 15 is 0 Å². The van der Waals surface area contributed by atoms with Crippen molar-refractivity contribution >= 4 is 21.8 Å². The molecule has 0 aromatic heterocycles. The highest BCUT2D eigenvalue weighted by atomic mass is 79.9. The summed E-state index contributed by atoms with van der Waals surface area (Å²) in [6.07, 6.45) is -7.95. The highest BCUT2D eigenvalue weighted by Gasteiger charge is 2.38. The number of carbonyl (C=O) groups is 1. The van der Waals surface area contributed by atoms with E-state index in [1.807, 2.05) is 0 Å². The quantitative estimate of drug-likeness (QED) is 0.777. The first-order valence-electron chi connectivity index (χ1n) is 5.18. The van der Waals surface area contributed by atoms with Crippen molar-refractivity contribution in [1.82, 2.24) is 5.32 Å². The molecule has 0 aliphatic carbocycles. The van der Waals surface area contributed by atoms with Crippen LogP contribution < -0.4 is 5.32 Å². The zero-order valence-electron chi connectivity index (χ0n) is 9.49. The van der Waals surface area contributed by atoms with Crippen molar-refractivity contribution in [2.75, 3.05) is 6.54 Å². The van der Waals surface area contributed by atoms with Gasteiger partial charge in [-0.3, -0.25) is 4.79 Å². The number of aliphatic hydroxyl groups excluding tert-OH is 2. The van der Waals surface area contributed by atoms with E-state index in [9.17, 15) is 28.2 Å². The molecule has 0 heterocycles. The van der Waals surface area contributed by atoms with Gasteiger partial charge in [-0.2, -0.15) is 13.2 Å². The summed E-state index contributed by atoms with van der Waals surface area (Å²) in [4.78, 5) is 10.5. The average molecular weight is 342 g/mol. The smallest absolute Gasteiger partial charge is 0.388 e. The van der Waals surface area contributed by atoms with Crippen molar-refractivity contribution < 1.29 is 28.2 Å². The molecule has 0 spiro atoms. The number of benzene rings is 1. The molecule has 0 saturated carbocycles. The summed E-state index contributed by atoms with van der Waals surface area (Å²) in [5.74, 6) is -2.16. The Kier molecular flexibility index (Phi) is 5.33. The predicted octanol–water partition coefficient (Wildman–Crippen LogP) is 1.52. The molecule has 8 heteroatoms. The van der Waals surface area contributed by atoms with Gasteiger partial charge in [0.25, 0.3) is 0 Å². The maximum atomic E-state index is 11.9. The third-order valence-electron chi connectivity index (χ3n) is 2.28. The summed E-state index contributed by atoms with van der Waals surface area (Å²) in [7, 11) is 0. The minimum absolute atomic E-state index is 0.322. The van der Waals surface area contributed by atoms with Crippen molar-refractivity contribution in [3.8, 4) is 0 Å². The van der Waals surface area contributed by atoms with Crippen molar-refractivity contribution in [2.45, 2.75) is 18.4 Å². The number of carbonyl (C=O) groups excluding carboxylic acids is 1. The Morgan fingerprint density at radius 1 is 1.37 bits per heavy atom. The van der Waals surface area contributed by atoms with E-state index < -0.39 is 30.8 Å². The number of rotatable bonds is 4. The van der Waals surface area contributed by atoms with Crippen LogP contribution in [0.5, 0.6) is 0 Å². The number of nitrogens with one attached hydrogen (secondary N) is 1. The summed E-state index contributed by atoms with van der Waals surface area (Å²) in [5, 5.41) is 20.8. The molecule has 0 fully saturated rings. The SMILES string of the molecule is O=C(NC[C@H](O)[C@H](O)c1cccc(Br)c1)C(F)(F)F. The van der Waals surface area contributed by atoms with E-state index in [-0.39, 0.29) is 0 Å². The number of halogens is 4. The molecule has 0 radical (unpaired) electrons. The summed E-state index contributed by atoms with van der Waals surface area (Å²) in [6, 6.07) is 6.31. The maximum absolute atomic E-state index is 11.9. The van der Waals surface area contributed by atoms with Crippen LogP contribution in [-0.4, -0.2) is 34.9 Å². The Morgan fingerprint density at radius 3 is 2.53 bits per heavy atom. The lowest BCUT2D eigenvalue weighted by molar-refractivity contribution is -0.174. The van der Waals surface area contributed by atoms with E-state index in [0.29, 0.717) is 10.0 Å². The van der Waals surface area contributed by atoms with E-state index in [4.69, 9.17) is 0 Å². The van der Waals surface area contributed by atoms with Crippen LogP contribution in [0, 0.1) is 0 Å². The lowest BCUT2D eigenvalue weighted by Crippen LogP contribution is -2.42. The molecule has 1 amide bonds. The fourth-order valence-corrected chi connectivity index (χ4v) is 1.74. The molecule has 4 nitrogen and oxygen atoms in total. The van der Waals surface area contributed by atoms with Gasteiger partial charge in [-0.05, 0) is 17.7 Å². The molecule has 0 aliphatic rings. The molecule has 3 N–H and O–H groups in total. The lowest BCUT2D eigenvalue weighted by atomic mass is 10.0. The van der Waals surface area contributed by atoms with E-state index in [1.54, 1.807) is 12.1 Å². The fourth-order valence-electron chi connectivity index (χ4n) is 1.32. The third-order valence-corrected chi connectivity index (χ3v) is 2.78. The molecular weight excluding hydrogens is 331 g/mol. The van der Waals surface area contributed by atoms with Crippen LogP contribution in [0.25, 0.3) is 0 Å². The van der Waals surface area contributed by atoms with Gasteiger partial charge in [0, 0.05) is 11.0 Å². The Labute approximate surface area is 115 Å². The Bertz CT molecular complexity index is 453. The largest absolute Gasteiger partial charge is 0.471 e. The van der Waals surface area contributed by atoms with Crippen LogP contribution in [0.2, 0.25) is 0 Å². The Morgan fingerprint density at radius 2 is 2.00 bits per heavy atom. The summed E-state index contributed by atoms with van der Waals surface area (Å²) >= 11 is 3.16. The van der Waals surface area contributed by atoms with Crippen molar-refractivity contribution in [1.29, 1.82) is 0 Å². The molecule has 19 heavy (non-hydrogen) atoms. The molecule has 1 aromatic rings. The second-order valence-electron chi connectivity index (χ2n) is 3.77. The number of hydrogen-bond donors (Lipinski definition) is 3. The second-order valence-corrected chi connectivity index (χ2v) is 4.69. The van der Waals surface area contributed by atoms with Crippen LogP contribution in [0.3, 0.4) is 0 Å². The Hall–Kier alpha value is -1.12. The van der Waals surface area contributed by atoms with Gasteiger partial charge < -0.3 is 15.5 Å². The number of aliphatic hydroxyl groups is 2. The first-order valence-corrected chi connectivity index (χ1v) is 5.97. The molecule has 106 valence electrons. The van der Waals surface area contributed by atoms with E-state index in [0.717, 1.165) is 0 Å². The predicted molar refractivity (Wildman–Crippen MR) is 64.2 cm³/mol. The number of hydrogen-bond acceptors (Lipinski definition) is 3. The maximum Gasteiger partial charge on any atom is 0.471 e. The van der Waals surface area contributed by atoms with Gasteiger partial charge in [-0.15, -0.1) is 0 Å². The van der Waals surface area contributed by atoms with Crippen LogP contribution in [-0.2, 0) is 4.79 Å². The lowest BCUT2D eigenvalue weighted by Gasteiger charge is -2.19. The van der Waals surface area contributed by atoms with Gasteiger partial charge in [0.05, 0.1) is 0 Å². The van der Waals surface area contributed by atoms with Crippen molar-refractivity contribution in [3.05, 3.63) is 34.3 Å². The molecule has 0 bridgehead atoms. The molecule has 0 unspecified atom stereocenters. The van der Waals surface area contributed by atoms with Crippen LogP contribution in [0.1, 0.15) is 11.7 Å². The van der Waals surface area contributed by atoms with E-state index in [2.05, 4.69) is 15.9 Å². The van der Waals surface area contributed by atoms with Crippen LogP contribution in [0.4, 0.5) is 13.2 Å². The minimum Gasteiger partial charge on any atom is -0.388 e. The number of amides is 1. The second kappa shape index (κ2) is 6.36. The summed E-state index contributed by atoms with van der Waals surface area (Å²) in [5.41, 5.74) is 0.322. The summed E-state index contributed by atoms with van der Waals surface area (Å²) < 4.78 is 36.4. The fraction of sp³-hybridized carbons (Fsp3) is 0.364. The zero-order valence-corrected chi connectivity index (χ0v) is 11.1. The zero-order chi connectivity index (χ0) is 14.6. The van der Waals surface area contributed by atoms with Crippen molar-refractivity contribution in [2.24, 2.45) is 0 Å². The van der Waals surface area contributed by atoms with Gasteiger partial charge >= 0.3 is 12.1 Å². The van der Waals surface area contributed by atoms with Gasteiger partial charge in [-0.1, -0.05) is 28.1 Å². The molecule has 0 aliphatic heterocycles. The van der Waals surface area contributed by atoms with Gasteiger partial charge in [0.15, 0.2) is 0 Å². The Balaban J connectivity index is 2.59. The van der Waals surface area contributed by atoms with Crippen LogP contribution >= 0.6 is 15.9 Å². The third kappa shape index (κ3) is 4.81.